The Morgan fingerprint density at radius 3 is 3.11 bits per heavy atom. The maximum atomic E-state index is 9.27. The highest BCUT2D eigenvalue weighted by molar-refractivity contribution is 5.83. The normalized spacial score (nSPS) is 21.0. The molecule has 1 aromatic heterocycles. The predicted molar refractivity (Wildman–Crippen MR) is 78.3 cm³/mol. The highest BCUT2D eigenvalue weighted by Crippen LogP contribution is 2.20. The number of hydrogen-bond acceptors (Lipinski definition) is 2. The smallest absolute Gasteiger partial charge is 0.0471 e. The molecular weight excluding hydrogens is 236 g/mol. The number of piperidine rings is 1. The van der Waals surface area contributed by atoms with E-state index in [1.807, 2.05) is 0 Å². The summed E-state index contributed by atoms with van der Waals surface area (Å²) in [5, 5.41) is 10.6. The SMILES string of the molecule is OCC1CCCN(CCc2c[nH]c3ccccc23)C1. The monoisotopic (exact) mass is 258 g/mol. The summed E-state index contributed by atoms with van der Waals surface area (Å²) in [7, 11) is 0. The standard InChI is InChI=1S/C16H22N2O/c19-12-13-4-3-8-18(11-13)9-7-14-10-17-16-6-2-1-5-15(14)16/h1-2,5-6,10,13,17,19H,3-4,7-9,11-12H2. The minimum absolute atomic E-state index is 0.337. The molecule has 1 aromatic carbocycles. The molecule has 2 N–H and O–H groups in total. The quantitative estimate of drug-likeness (QED) is 0.884. The highest BCUT2D eigenvalue weighted by Gasteiger charge is 2.18. The highest BCUT2D eigenvalue weighted by atomic mass is 16.3. The Balaban J connectivity index is 1.63. The van der Waals surface area contributed by atoms with Crippen LogP contribution in [0.15, 0.2) is 30.5 Å². The molecule has 2 aromatic rings. The Morgan fingerprint density at radius 2 is 2.21 bits per heavy atom. The van der Waals surface area contributed by atoms with E-state index in [2.05, 4.69) is 40.3 Å². The molecule has 1 saturated heterocycles. The Bertz CT molecular complexity index is 534. The first-order valence-corrected chi connectivity index (χ1v) is 7.25. The van der Waals surface area contributed by atoms with Gasteiger partial charge in [-0.25, -0.2) is 0 Å². The number of fused-ring (bicyclic) bond motifs is 1. The van der Waals surface area contributed by atoms with Gasteiger partial charge in [-0.15, -0.1) is 0 Å². The van der Waals surface area contributed by atoms with Crippen molar-refractivity contribution in [2.24, 2.45) is 5.92 Å². The maximum Gasteiger partial charge on any atom is 0.0471 e. The number of benzene rings is 1. The molecule has 3 nitrogen and oxygen atoms in total. The van der Waals surface area contributed by atoms with Gasteiger partial charge in [-0.2, -0.15) is 0 Å². The van der Waals surface area contributed by atoms with Gasteiger partial charge in [0.05, 0.1) is 0 Å². The molecule has 102 valence electrons. The van der Waals surface area contributed by atoms with Gasteiger partial charge in [-0.1, -0.05) is 18.2 Å². The molecule has 0 radical (unpaired) electrons. The van der Waals surface area contributed by atoms with Gasteiger partial charge in [0.1, 0.15) is 0 Å². The molecule has 0 spiro atoms. The van der Waals surface area contributed by atoms with Crippen molar-refractivity contribution in [1.29, 1.82) is 0 Å². The number of aliphatic hydroxyl groups excluding tert-OH is 1. The number of nitrogens with zero attached hydrogens (tertiary/aromatic N) is 1. The number of para-hydroxylation sites is 1. The summed E-state index contributed by atoms with van der Waals surface area (Å²) in [5.74, 6) is 0.483. The molecule has 0 saturated carbocycles. The molecule has 2 heterocycles. The van der Waals surface area contributed by atoms with E-state index in [-0.39, 0.29) is 0 Å². The third kappa shape index (κ3) is 2.82. The van der Waals surface area contributed by atoms with Crippen molar-refractivity contribution >= 4 is 10.9 Å². The zero-order valence-electron chi connectivity index (χ0n) is 11.3. The molecule has 0 aliphatic carbocycles. The summed E-state index contributed by atoms with van der Waals surface area (Å²) in [4.78, 5) is 5.83. The summed E-state index contributed by atoms with van der Waals surface area (Å²) < 4.78 is 0. The molecule has 0 bridgehead atoms. The van der Waals surface area contributed by atoms with Crippen LogP contribution in [0.1, 0.15) is 18.4 Å². The van der Waals surface area contributed by atoms with Crippen LogP contribution in [0.3, 0.4) is 0 Å². The summed E-state index contributed by atoms with van der Waals surface area (Å²) in [6.07, 6.45) is 5.62. The summed E-state index contributed by atoms with van der Waals surface area (Å²) in [5.41, 5.74) is 2.63. The van der Waals surface area contributed by atoms with Gasteiger partial charge < -0.3 is 15.0 Å². The van der Waals surface area contributed by atoms with E-state index in [0.717, 1.165) is 19.5 Å². The Hall–Kier alpha value is -1.32. The Kier molecular flexibility index (Phi) is 3.85. The molecule has 3 rings (SSSR count). The van der Waals surface area contributed by atoms with E-state index < -0.39 is 0 Å². The van der Waals surface area contributed by atoms with Crippen molar-refractivity contribution in [2.75, 3.05) is 26.2 Å². The van der Waals surface area contributed by atoms with Crippen LogP contribution in [-0.2, 0) is 6.42 Å². The lowest BCUT2D eigenvalue weighted by Gasteiger charge is -2.31. The number of nitrogens with one attached hydrogen (secondary N) is 1. The average Bonchev–Trinajstić information content (AvgIpc) is 2.89. The first-order chi connectivity index (χ1) is 9.36. The van der Waals surface area contributed by atoms with Crippen LogP contribution in [0.25, 0.3) is 10.9 Å². The lowest BCUT2D eigenvalue weighted by molar-refractivity contribution is 0.121. The fraction of sp³-hybridized carbons (Fsp3) is 0.500. The number of aromatic amines is 1. The number of H-pyrrole nitrogens is 1. The maximum absolute atomic E-state index is 9.27. The van der Waals surface area contributed by atoms with Crippen molar-refractivity contribution in [3.63, 3.8) is 0 Å². The molecule has 19 heavy (non-hydrogen) atoms. The van der Waals surface area contributed by atoms with Crippen LogP contribution in [0.5, 0.6) is 0 Å². The average molecular weight is 258 g/mol. The topological polar surface area (TPSA) is 39.3 Å². The molecule has 3 heteroatoms. The third-order valence-electron chi connectivity index (χ3n) is 4.23. The van der Waals surface area contributed by atoms with Gasteiger partial charge in [-0.05, 0) is 43.4 Å². The van der Waals surface area contributed by atoms with E-state index in [0.29, 0.717) is 12.5 Å². The number of hydrogen-bond donors (Lipinski definition) is 2. The molecular formula is C16H22N2O. The lowest BCUT2D eigenvalue weighted by Crippen LogP contribution is -2.37. The second kappa shape index (κ2) is 5.76. The first-order valence-electron chi connectivity index (χ1n) is 7.25. The van der Waals surface area contributed by atoms with Gasteiger partial charge in [-0.3, -0.25) is 0 Å². The summed E-state index contributed by atoms with van der Waals surface area (Å²) >= 11 is 0. The molecule has 1 atom stereocenters. The van der Waals surface area contributed by atoms with Gasteiger partial charge in [0.25, 0.3) is 0 Å². The van der Waals surface area contributed by atoms with E-state index in [4.69, 9.17) is 0 Å². The zero-order valence-corrected chi connectivity index (χ0v) is 11.3. The molecule has 1 fully saturated rings. The predicted octanol–water partition coefficient (Wildman–Crippen LogP) is 2.41. The van der Waals surface area contributed by atoms with E-state index in [1.54, 1.807) is 0 Å². The van der Waals surface area contributed by atoms with E-state index in [9.17, 15) is 5.11 Å². The Morgan fingerprint density at radius 1 is 1.32 bits per heavy atom. The van der Waals surface area contributed by atoms with E-state index in [1.165, 1.54) is 35.9 Å². The van der Waals surface area contributed by atoms with Crippen molar-refractivity contribution in [3.05, 3.63) is 36.0 Å². The minimum atomic E-state index is 0.337. The molecule has 1 aliphatic heterocycles. The second-order valence-corrected chi connectivity index (χ2v) is 5.60. The van der Waals surface area contributed by atoms with Crippen LogP contribution in [0.4, 0.5) is 0 Å². The van der Waals surface area contributed by atoms with Crippen molar-refractivity contribution in [2.45, 2.75) is 19.3 Å². The lowest BCUT2D eigenvalue weighted by atomic mass is 9.98. The number of rotatable bonds is 4. The zero-order chi connectivity index (χ0) is 13.1. The van der Waals surface area contributed by atoms with Crippen LogP contribution in [0.2, 0.25) is 0 Å². The number of aromatic nitrogens is 1. The van der Waals surface area contributed by atoms with Crippen molar-refractivity contribution in [3.8, 4) is 0 Å². The van der Waals surface area contributed by atoms with Crippen LogP contribution < -0.4 is 0 Å². The van der Waals surface area contributed by atoms with Crippen LogP contribution in [0, 0.1) is 5.92 Å². The minimum Gasteiger partial charge on any atom is -0.396 e. The molecule has 1 unspecified atom stereocenters. The fourth-order valence-electron chi connectivity index (χ4n) is 3.12. The van der Waals surface area contributed by atoms with Crippen molar-refractivity contribution < 1.29 is 5.11 Å². The van der Waals surface area contributed by atoms with E-state index >= 15 is 0 Å². The van der Waals surface area contributed by atoms with Gasteiger partial charge in [0.2, 0.25) is 0 Å². The third-order valence-corrected chi connectivity index (χ3v) is 4.23. The van der Waals surface area contributed by atoms with Crippen molar-refractivity contribution in [1.82, 2.24) is 9.88 Å². The molecule has 0 amide bonds. The summed E-state index contributed by atoms with van der Waals surface area (Å²) in [6, 6.07) is 8.48. The Labute approximate surface area is 114 Å². The molecule has 1 aliphatic rings. The van der Waals surface area contributed by atoms with Crippen LogP contribution >= 0.6 is 0 Å². The fourth-order valence-corrected chi connectivity index (χ4v) is 3.12. The number of likely N-dealkylation sites (tertiary alicyclic amines) is 1. The number of aliphatic hydroxyl groups is 1. The first kappa shape index (κ1) is 12.7. The van der Waals surface area contributed by atoms with Gasteiger partial charge in [0.15, 0.2) is 0 Å². The largest absolute Gasteiger partial charge is 0.396 e. The summed E-state index contributed by atoms with van der Waals surface area (Å²) in [6.45, 7) is 3.67. The van der Waals surface area contributed by atoms with Gasteiger partial charge >= 0.3 is 0 Å². The van der Waals surface area contributed by atoms with Crippen LogP contribution in [-0.4, -0.2) is 41.2 Å². The van der Waals surface area contributed by atoms with Gasteiger partial charge in [0, 0.05) is 36.8 Å². The second-order valence-electron chi connectivity index (χ2n) is 5.60.